The molecule has 4 N–H and O–H groups in total. The third-order valence-electron chi connectivity index (χ3n) is 4.18. The van der Waals surface area contributed by atoms with E-state index in [4.69, 9.17) is 15.2 Å². The smallest absolute Gasteiger partial charge is 0.408 e. The second-order valence-electron chi connectivity index (χ2n) is 8.65. The van der Waals surface area contributed by atoms with Gasteiger partial charge in [0.1, 0.15) is 17.7 Å². The molecular formula is C21H39N3O6. The van der Waals surface area contributed by atoms with Crippen molar-refractivity contribution in [3.8, 4) is 0 Å². The fourth-order valence-corrected chi connectivity index (χ4v) is 2.57. The van der Waals surface area contributed by atoms with E-state index >= 15 is 0 Å². The molecule has 9 nitrogen and oxygen atoms in total. The average Bonchev–Trinajstić information content (AvgIpc) is 2.60. The molecule has 0 bridgehead atoms. The molecule has 2 atom stereocenters. The summed E-state index contributed by atoms with van der Waals surface area (Å²) in [6.07, 6.45) is 3.20. The number of esters is 1. The first-order chi connectivity index (χ1) is 13.9. The van der Waals surface area contributed by atoms with E-state index in [9.17, 15) is 19.2 Å². The maximum absolute atomic E-state index is 12.6. The zero-order chi connectivity index (χ0) is 23.3. The van der Waals surface area contributed by atoms with Crippen LogP contribution in [0.25, 0.3) is 0 Å². The van der Waals surface area contributed by atoms with Crippen LogP contribution in [-0.4, -0.2) is 48.2 Å². The highest BCUT2D eigenvalue weighted by Crippen LogP contribution is 2.10. The number of primary amides is 1. The molecule has 0 rings (SSSR count). The second kappa shape index (κ2) is 13.8. The summed E-state index contributed by atoms with van der Waals surface area (Å²) < 4.78 is 10.3. The summed E-state index contributed by atoms with van der Waals surface area (Å²) in [5.74, 6) is -2.05. The number of alkyl carbamates (subject to hydrolysis) is 1. The molecular weight excluding hydrogens is 390 g/mol. The van der Waals surface area contributed by atoms with Crippen LogP contribution in [0, 0.1) is 5.92 Å². The van der Waals surface area contributed by atoms with E-state index in [-0.39, 0.29) is 18.8 Å². The van der Waals surface area contributed by atoms with E-state index in [1.807, 2.05) is 0 Å². The number of ether oxygens (including phenoxy) is 2. The molecule has 0 aliphatic rings. The molecule has 0 radical (unpaired) electrons. The van der Waals surface area contributed by atoms with Crippen molar-refractivity contribution >= 4 is 23.9 Å². The zero-order valence-corrected chi connectivity index (χ0v) is 19.2. The summed E-state index contributed by atoms with van der Waals surface area (Å²) in [7, 11) is 0. The fraction of sp³-hybridized carbons (Fsp3) is 0.810. The Balaban J connectivity index is 4.70. The number of nitrogens with one attached hydrogen (secondary N) is 2. The van der Waals surface area contributed by atoms with Crippen LogP contribution in [0.3, 0.4) is 0 Å². The van der Waals surface area contributed by atoms with E-state index in [1.165, 1.54) is 0 Å². The Labute approximate surface area is 179 Å². The molecule has 9 heteroatoms. The Morgan fingerprint density at radius 1 is 1.00 bits per heavy atom. The van der Waals surface area contributed by atoms with E-state index in [0.29, 0.717) is 6.61 Å². The molecule has 30 heavy (non-hydrogen) atoms. The molecule has 0 saturated carbocycles. The Bertz CT molecular complexity index is 572. The Morgan fingerprint density at radius 2 is 1.63 bits per heavy atom. The Morgan fingerprint density at radius 3 is 2.13 bits per heavy atom. The number of nitrogens with two attached hydrogens (primary N) is 1. The van der Waals surface area contributed by atoms with Crippen LogP contribution in [-0.2, 0) is 23.9 Å². The highest BCUT2D eigenvalue weighted by Gasteiger charge is 2.29. The molecule has 0 aromatic heterocycles. The van der Waals surface area contributed by atoms with Crippen molar-refractivity contribution in [3.05, 3.63) is 0 Å². The highest BCUT2D eigenvalue weighted by atomic mass is 16.6. The topological polar surface area (TPSA) is 137 Å². The third-order valence-corrected chi connectivity index (χ3v) is 4.18. The van der Waals surface area contributed by atoms with Crippen molar-refractivity contribution in [3.63, 3.8) is 0 Å². The van der Waals surface area contributed by atoms with Gasteiger partial charge in [-0.05, 0) is 39.5 Å². The molecule has 0 aromatic carbocycles. The van der Waals surface area contributed by atoms with Crippen molar-refractivity contribution in [1.82, 2.24) is 10.6 Å². The average molecular weight is 430 g/mol. The number of carbonyl (C=O) groups is 4. The normalized spacial score (nSPS) is 13.3. The number of rotatable bonds is 13. The van der Waals surface area contributed by atoms with Gasteiger partial charge >= 0.3 is 12.1 Å². The maximum atomic E-state index is 12.6. The van der Waals surface area contributed by atoms with E-state index < -0.39 is 41.6 Å². The number of unbranched alkanes of at least 4 members (excludes halogenated alkanes) is 3. The molecule has 3 amide bonds. The first-order valence-electron chi connectivity index (χ1n) is 10.6. The lowest BCUT2D eigenvalue weighted by molar-refractivity contribution is -0.144. The van der Waals surface area contributed by atoms with Crippen LogP contribution in [0.1, 0.15) is 80.1 Å². The van der Waals surface area contributed by atoms with Gasteiger partial charge in [0.15, 0.2) is 0 Å². The molecule has 0 aliphatic carbocycles. The van der Waals surface area contributed by atoms with Crippen LogP contribution in [0.4, 0.5) is 4.79 Å². The minimum atomic E-state index is -1.05. The lowest BCUT2D eigenvalue weighted by Gasteiger charge is -2.26. The number of hydrogen-bond donors (Lipinski definition) is 3. The standard InChI is InChI=1S/C21H39N3O6/c1-7-8-9-10-13-29-16(25)12-11-15(18(22)26)23-19(27)17(14(2)3)24-20(28)30-21(4,5)6/h14-15,17H,7-13H2,1-6H3,(H2,22,26)(H,23,27)(H,24,28)/t15-,17+/m1/s1. The first kappa shape index (κ1) is 27.7. The predicted octanol–water partition coefficient (Wildman–Crippen LogP) is 2.41. The van der Waals surface area contributed by atoms with Crippen LogP contribution in [0.15, 0.2) is 0 Å². The number of carbonyl (C=O) groups excluding carboxylic acids is 4. The molecule has 0 unspecified atom stereocenters. The summed E-state index contributed by atoms with van der Waals surface area (Å²) in [5.41, 5.74) is 4.66. The first-order valence-corrected chi connectivity index (χ1v) is 10.6. The van der Waals surface area contributed by atoms with E-state index in [1.54, 1.807) is 34.6 Å². The van der Waals surface area contributed by atoms with Gasteiger partial charge in [0, 0.05) is 6.42 Å². The minimum absolute atomic E-state index is 0.0200. The Hall–Kier alpha value is -2.32. The van der Waals surface area contributed by atoms with Crippen molar-refractivity contribution in [2.75, 3.05) is 6.61 Å². The van der Waals surface area contributed by atoms with Crippen molar-refractivity contribution in [2.45, 2.75) is 97.8 Å². The summed E-state index contributed by atoms with van der Waals surface area (Å²) >= 11 is 0. The van der Waals surface area contributed by atoms with Crippen LogP contribution >= 0.6 is 0 Å². The third kappa shape index (κ3) is 13.0. The van der Waals surface area contributed by atoms with Crippen molar-refractivity contribution < 1.29 is 28.7 Å². The lowest BCUT2D eigenvalue weighted by Crippen LogP contribution is -2.55. The molecule has 0 aromatic rings. The fourth-order valence-electron chi connectivity index (χ4n) is 2.57. The van der Waals surface area contributed by atoms with E-state index in [2.05, 4.69) is 17.6 Å². The predicted molar refractivity (Wildman–Crippen MR) is 113 cm³/mol. The molecule has 0 spiro atoms. The highest BCUT2D eigenvalue weighted by molar-refractivity contribution is 5.91. The Kier molecular flexibility index (Phi) is 12.8. The number of hydrogen-bond acceptors (Lipinski definition) is 6. The molecule has 0 aliphatic heterocycles. The van der Waals surface area contributed by atoms with Gasteiger partial charge in [-0.2, -0.15) is 0 Å². The van der Waals surface area contributed by atoms with Crippen LogP contribution < -0.4 is 16.4 Å². The summed E-state index contributed by atoms with van der Waals surface area (Å²) in [6.45, 7) is 11.1. The largest absolute Gasteiger partial charge is 0.466 e. The molecule has 0 heterocycles. The van der Waals surface area contributed by atoms with Gasteiger partial charge in [-0.3, -0.25) is 14.4 Å². The van der Waals surface area contributed by atoms with Gasteiger partial charge in [-0.15, -0.1) is 0 Å². The van der Waals surface area contributed by atoms with Gasteiger partial charge in [0.25, 0.3) is 0 Å². The summed E-state index contributed by atoms with van der Waals surface area (Å²) in [5, 5.41) is 5.02. The van der Waals surface area contributed by atoms with Crippen molar-refractivity contribution in [2.24, 2.45) is 11.7 Å². The monoisotopic (exact) mass is 429 g/mol. The van der Waals surface area contributed by atoms with Crippen molar-refractivity contribution in [1.29, 1.82) is 0 Å². The van der Waals surface area contributed by atoms with Crippen LogP contribution in [0.5, 0.6) is 0 Å². The van der Waals surface area contributed by atoms with Gasteiger partial charge in [-0.25, -0.2) is 4.79 Å². The molecule has 0 saturated heterocycles. The second-order valence-corrected chi connectivity index (χ2v) is 8.65. The van der Waals surface area contributed by atoms with Crippen LogP contribution in [0.2, 0.25) is 0 Å². The summed E-state index contributed by atoms with van der Waals surface area (Å²) in [4.78, 5) is 48.2. The van der Waals surface area contributed by atoms with Gasteiger partial charge in [0.05, 0.1) is 6.61 Å². The molecule has 0 fully saturated rings. The minimum Gasteiger partial charge on any atom is -0.466 e. The van der Waals surface area contributed by atoms with E-state index in [0.717, 1.165) is 25.7 Å². The maximum Gasteiger partial charge on any atom is 0.408 e. The van der Waals surface area contributed by atoms with Gasteiger partial charge in [0.2, 0.25) is 11.8 Å². The van der Waals surface area contributed by atoms with Gasteiger partial charge in [-0.1, -0.05) is 40.0 Å². The lowest BCUT2D eigenvalue weighted by atomic mass is 10.0. The zero-order valence-electron chi connectivity index (χ0n) is 19.2. The summed E-state index contributed by atoms with van der Waals surface area (Å²) in [6, 6.07) is -1.97. The quantitative estimate of drug-likeness (QED) is 0.304. The SMILES string of the molecule is CCCCCCOC(=O)CC[C@@H](NC(=O)[C@@H](NC(=O)OC(C)(C)C)C(C)C)C(N)=O. The number of amides is 3. The molecule has 174 valence electrons. The van der Waals surface area contributed by atoms with Gasteiger partial charge < -0.3 is 25.8 Å².